The molecule has 1 aromatic heterocycles. The molecule has 8 heteroatoms. The van der Waals surface area contributed by atoms with Gasteiger partial charge in [0.1, 0.15) is 17.7 Å². The van der Waals surface area contributed by atoms with E-state index in [0.29, 0.717) is 23.7 Å². The minimum Gasteiger partial charge on any atom is -0.497 e. The highest BCUT2D eigenvalue weighted by Gasteiger charge is 2.35. The number of likely N-dealkylation sites (tertiary alicyclic amines) is 1. The highest BCUT2D eigenvalue weighted by atomic mass is 16.5. The number of rotatable bonds is 4. The van der Waals surface area contributed by atoms with Crippen molar-refractivity contribution in [1.29, 1.82) is 0 Å². The fraction of sp³-hybridized carbons (Fsp3) is 0.316. The van der Waals surface area contributed by atoms with Crippen LogP contribution >= 0.6 is 0 Å². The zero-order valence-corrected chi connectivity index (χ0v) is 14.7. The van der Waals surface area contributed by atoms with Gasteiger partial charge in [0.05, 0.1) is 7.11 Å². The number of dihydropyridines is 1. The Hall–Kier alpha value is -3.29. The number of hydrogen-bond acceptors (Lipinski definition) is 6. The van der Waals surface area contributed by atoms with Crippen LogP contribution in [0.25, 0.3) is 0 Å². The summed E-state index contributed by atoms with van der Waals surface area (Å²) in [7, 11) is 1.58. The number of allylic oxidation sites excluding steroid dienone is 1. The number of aliphatic imine (C=N–C) groups is 1. The van der Waals surface area contributed by atoms with Crippen molar-refractivity contribution < 1.29 is 18.8 Å². The topological polar surface area (TPSA) is 97.9 Å². The first kappa shape index (κ1) is 17.1. The van der Waals surface area contributed by atoms with Crippen molar-refractivity contribution in [2.75, 3.05) is 13.7 Å². The van der Waals surface area contributed by atoms with Gasteiger partial charge >= 0.3 is 0 Å². The van der Waals surface area contributed by atoms with Crippen molar-refractivity contribution in [3.8, 4) is 5.75 Å². The van der Waals surface area contributed by atoms with E-state index in [4.69, 9.17) is 9.26 Å². The van der Waals surface area contributed by atoms with Gasteiger partial charge in [0.25, 0.3) is 11.8 Å². The Bertz CT molecular complexity index is 916. The highest BCUT2D eigenvalue weighted by Crippen LogP contribution is 2.33. The molecule has 2 amide bonds. The molecule has 2 aliphatic heterocycles. The van der Waals surface area contributed by atoms with Crippen molar-refractivity contribution in [3.63, 3.8) is 0 Å². The van der Waals surface area contributed by atoms with Crippen LogP contribution in [0.5, 0.6) is 5.75 Å². The van der Waals surface area contributed by atoms with E-state index in [-0.39, 0.29) is 23.7 Å². The number of carbonyl (C=O) groups excluding carboxylic acids is 2. The summed E-state index contributed by atoms with van der Waals surface area (Å²) in [5, 5.41) is 3.94. The van der Waals surface area contributed by atoms with Crippen molar-refractivity contribution in [2.24, 2.45) is 4.99 Å². The zero-order valence-electron chi connectivity index (χ0n) is 14.7. The lowest BCUT2D eigenvalue weighted by atomic mass is 10.1. The highest BCUT2D eigenvalue weighted by molar-refractivity contribution is 5.97. The Kier molecular flexibility index (Phi) is 4.53. The Morgan fingerprint density at radius 3 is 2.85 bits per heavy atom. The lowest BCUT2D eigenvalue weighted by molar-refractivity contribution is -0.118. The molecule has 2 aromatic rings. The molecule has 1 saturated heterocycles. The second kappa shape index (κ2) is 7.14. The fourth-order valence-electron chi connectivity index (χ4n) is 3.31. The van der Waals surface area contributed by atoms with E-state index in [1.165, 1.54) is 6.21 Å². The van der Waals surface area contributed by atoms with Gasteiger partial charge in [-0.1, -0.05) is 11.2 Å². The molecule has 3 heterocycles. The molecule has 0 N–H and O–H groups in total. The van der Waals surface area contributed by atoms with Crippen LogP contribution in [-0.4, -0.2) is 46.7 Å². The van der Waals surface area contributed by atoms with Crippen LogP contribution in [0, 0.1) is 0 Å². The van der Waals surface area contributed by atoms with Gasteiger partial charge in [0.2, 0.25) is 5.89 Å². The Morgan fingerprint density at radius 1 is 1.30 bits per heavy atom. The van der Waals surface area contributed by atoms with E-state index < -0.39 is 5.92 Å². The van der Waals surface area contributed by atoms with E-state index in [2.05, 4.69) is 15.1 Å². The number of nitrogens with zero attached hydrogens (tertiary/aromatic N) is 4. The van der Waals surface area contributed by atoms with Crippen molar-refractivity contribution >= 4 is 18.0 Å². The van der Waals surface area contributed by atoms with Gasteiger partial charge in [-0.15, -0.1) is 0 Å². The smallest absolute Gasteiger partial charge is 0.260 e. The molecule has 8 nitrogen and oxygen atoms in total. The third kappa shape index (κ3) is 3.25. The predicted molar refractivity (Wildman–Crippen MR) is 95.7 cm³/mol. The van der Waals surface area contributed by atoms with Gasteiger partial charge in [0.15, 0.2) is 5.82 Å². The SMILES string of the molecule is COc1ccc(C(=O)N2CCCC2c2nc(C3C=CC=NC3=O)no2)cc1. The van der Waals surface area contributed by atoms with E-state index >= 15 is 0 Å². The second-order valence-corrected chi connectivity index (χ2v) is 6.35. The van der Waals surface area contributed by atoms with Crippen LogP contribution in [0.15, 0.2) is 45.9 Å². The average molecular weight is 366 g/mol. The molecule has 0 saturated carbocycles. The predicted octanol–water partition coefficient (Wildman–Crippen LogP) is 2.31. The van der Waals surface area contributed by atoms with E-state index in [9.17, 15) is 9.59 Å². The molecule has 2 atom stereocenters. The monoisotopic (exact) mass is 366 g/mol. The maximum Gasteiger partial charge on any atom is 0.260 e. The molecule has 0 radical (unpaired) electrons. The average Bonchev–Trinajstić information content (AvgIpc) is 3.37. The minimum absolute atomic E-state index is 0.0989. The lowest BCUT2D eigenvalue weighted by Gasteiger charge is -2.22. The number of hydrogen-bond donors (Lipinski definition) is 0. The van der Waals surface area contributed by atoms with Crippen molar-refractivity contribution in [1.82, 2.24) is 15.0 Å². The third-order valence-electron chi connectivity index (χ3n) is 4.73. The molecule has 1 aromatic carbocycles. The molecule has 27 heavy (non-hydrogen) atoms. The van der Waals surface area contributed by atoms with Gasteiger partial charge in [-0.25, -0.2) is 4.99 Å². The Morgan fingerprint density at radius 2 is 2.11 bits per heavy atom. The van der Waals surface area contributed by atoms with Gasteiger partial charge in [-0.2, -0.15) is 4.98 Å². The fourth-order valence-corrected chi connectivity index (χ4v) is 3.31. The minimum atomic E-state index is -0.639. The first-order valence-corrected chi connectivity index (χ1v) is 8.70. The van der Waals surface area contributed by atoms with Crippen molar-refractivity contribution in [3.05, 3.63) is 53.7 Å². The normalized spacial score (nSPS) is 21.7. The number of benzene rings is 1. The first-order valence-electron chi connectivity index (χ1n) is 8.70. The summed E-state index contributed by atoms with van der Waals surface area (Å²) in [6.45, 7) is 0.611. The van der Waals surface area contributed by atoms with Crippen LogP contribution in [-0.2, 0) is 4.79 Å². The summed E-state index contributed by atoms with van der Waals surface area (Å²) in [5.74, 6) is 0.242. The zero-order chi connectivity index (χ0) is 18.8. The third-order valence-corrected chi connectivity index (χ3v) is 4.73. The summed E-state index contributed by atoms with van der Waals surface area (Å²) in [5.41, 5.74) is 0.571. The standard InChI is InChI=1S/C19H18N4O4/c1-26-13-8-6-12(7-9-13)19(25)23-11-3-5-15(23)18-21-16(22-27-18)14-4-2-10-20-17(14)24/h2,4,6-10,14-15H,3,5,11H2,1H3. The molecule has 0 aliphatic carbocycles. The summed E-state index contributed by atoms with van der Waals surface area (Å²) in [6.07, 6.45) is 6.37. The quantitative estimate of drug-likeness (QED) is 0.823. The van der Waals surface area contributed by atoms with Crippen LogP contribution in [0.4, 0.5) is 0 Å². The molecule has 138 valence electrons. The Balaban J connectivity index is 1.54. The maximum atomic E-state index is 12.9. The van der Waals surface area contributed by atoms with Crippen LogP contribution in [0.1, 0.15) is 46.9 Å². The number of ether oxygens (including phenoxy) is 1. The maximum absolute atomic E-state index is 12.9. The largest absolute Gasteiger partial charge is 0.497 e. The summed E-state index contributed by atoms with van der Waals surface area (Å²) >= 11 is 0. The molecular formula is C19H18N4O4. The van der Waals surface area contributed by atoms with Crippen LogP contribution in [0.2, 0.25) is 0 Å². The molecule has 2 unspecified atom stereocenters. The van der Waals surface area contributed by atoms with E-state index in [0.717, 1.165) is 12.8 Å². The van der Waals surface area contributed by atoms with Gasteiger partial charge in [-0.3, -0.25) is 9.59 Å². The summed E-state index contributed by atoms with van der Waals surface area (Å²) in [6, 6.07) is 6.68. The Labute approximate surface area is 155 Å². The van der Waals surface area contributed by atoms with Crippen molar-refractivity contribution in [2.45, 2.75) is 24.8 Å². The van der Waals surface area contributed by atoms with Gasteiger partial charge in [-0.05, 0) is 43.2 Å². The summed E-state index contributed by atoms with van der Waals surface area (Å²) < 4.78 is 10.5. The number of amides is 2. The lowest BCUT2D eigenvalue weighted by Crippen LogP contribution is -2.30. The van der Waals surface area contributed by atoms with Crippen LogP contribution < -0.4 is 4.74 Å². The molecule has 4 rings (SSSR count). The van der Waals surface area contributed by atoms with E-state index in [1.54, 1.807) is 48.4 Å². The molecular weight excluding hydrogens is 348 g/mol. The molecule has 0 bridgehead atoms. The number of aromatic nitrogens is 2. The summed E-state index contributed by atoms with van der Waals surface area (Å²) in [4.78, 5) is 34.6. The van der Waals surface area contributed by atoms with Gasteiger partial charge < -0.3 is 14.2 Å². The van der Waals surface area contributed by atoms with Gasteiger partial charge in [0, 0.05) is 18.3 Å². The number of carbonyl (C=O) groups is 2. The van der Waals surface area contributed by atoms with E-state index in [1.807, 2.05) is 0 Å². The number of methoxy groups -OCH3 is 1. The second-order valence-electron chi connectivity index (χ2n) is 6.35. The molecule has 1 fully saturated rings. The molecule has 0 spiro atoms. The first-order chi connectivity index (χ1) is 13.2. The molecule has 2 aliphatic rings. The van der Waals surface area contributed by atoms with Crippen LogP contribution in [0.3, 0.4) is 0 Å².